The molecular formula is C16H12ClNO2. The SMILES string of the molecule is NC(=CC(=O)c1ccccc1)C(=O)c1cccc(Cl)c1. The fourth-order valence-corrected chi connectivity index (χ4v) is 1.88. The maximum absolute atomic E-state index is 12.1. The molecule has 2 aromatic rings. The molecule has 100 valence electrons. The first kappa shape index (κ1) is 14.0. The summed E-state index contributed by atoms with van der Waals surface area (Å²) in [4.78, 5) is 24.0. The molecule has 2 rings (SSSR count). The van der Waals surface area contributed by atoms with E-state index in [2.05, 4.69) is 0 Å². The molecule has 0 amide bonds. The zero-order valence-corrected chi connectivity index (χ0v) is 11.3. The van der Waals surface area contributed by atoms with E-state index in [0.717, 1.165) is 6.08 Å². The highest BCUT2D eigenvalue weighted by Gasteiger charge is 2.11. The van der Waals surface area contributed by atoms with Crippen molar-refractivity contribution in [3.05, 3.63) is 82.5 Å². The van der Waals surface area contributed by atoms with Gasteiger partial charge in [-0.2, -0.15) is 0 Å². The second kappa shape index (κ2) is 6.17. The molecule has 3 nitrogen and oxygen atoms in total. The molecule has 0 fully saturated rings. The number of benzene rings is 2. The first-order valence-electron chi connectivity index (χ1n) is 5.95. The molecule has 0 saturated carbocycles. The molecule has 2 N–H and O–H groups in total. The standard InChI is InChI=1S/C16H12ClNO2/c17-13-8-4-7-12(9-13)16(20)14(18)10-15(19)11-5-2-1-3-6-11/h1-10H,18H2. The Hall–Kier alpha value is -2.39. The normalized spacial score (nSPS) is 11.2. The lowest BCUT2D eigenvalue weighted by atomic mass is 10.1. The summed E-state index contributed by atoms with van der Waals surface area (Å²) >= 11 is 5.82. The van der Waals surface area contributed by atoms with Crippen LogP contribution in [0.5, 0.6) is 0 Å². The highest BCUT2D eigenvalue weighted by Crippen LogP contribution is 2.13. The molecule has 4 heteroatoms. The van der Waals surface area contributed by atoms with E-state index in [1.54, 1.807) is 48.5 Å². The Balaban J connectivity index is 2.23. The number of rotatable bonds is 4. The van der Waals surface area contributed by atoms with E-state index in [0.29, 0.717) is 16.1 Å². The molecule has 0 aliphatic rings. The smallest absolute Gasteiger partial charge is 0.208 e. The molecule has 0 unspecified atom stereocenters. The quantitative estimate of drug-likeness (QED) is 0.693. The summed E-state index contributed by atoms with van der Waals surface area (Å²) in [6.45, 7) is 0. The first-order valence-corrected chi connectivity index (χ1v) is 6.32. The molecule has 0 saturated heterocycles. The molecular weight excluding hydrogens is 274 g/mol. The number of nitrogens with two attached hydrogens (primary N) is 1. The van der Waals surface area contributed by atoms with Crippen molar-refractivity contribution in [2.24, 2.45) is 5.73 Å². The van der Waals surface area contributed by atoms with E-state index in [9.17, 15) is 9.59 Å². The molecule has 0 aliphatic heterocycles. The van der Waals surface area contributed by atoms with Gasteiger partial charge < -0.3 is 5.73 Å². The summed E-state index contributed by atoms with van der Waals surface area (Å²) in [5.41, 5.74) is 6.41. The minimum atomic E-state index is -0.420. The van der Waals surface area contributed by atoms with Gasteiger partial charge in [-0.05, 0) is 12.1 Å². The average molecular weight is 286 g/mol. The maximum Gasteiger partial charge on any atom is 0.208 e. The van der Waals surface area contributed by atoms with Crippen LogP contribution >= 0.6 is 11.6 Å². The van der Waals surface area contributed by atoms with Gasteiger partial charge in [-0.15, -0.1) is 0 Å². The van der Waals surface area contributed by atoms with Crippen LogP contribution in [0.3, 0.4) is 0 Å². The minimum absolute atomic E-state index is 0.110. The van der Waals surface area contributed by atoms with Crippen LogP contribution in [0.2, 0.25) is 5.02 Å². The highest BCUT2D eigenvalue weighted by molar-refractivity contribution is 6.31. The summed E-state index contributed by atoms with van der Waals surface area (Å²) in [5.74, 6) is -0.727. The zero-order valence-electron chi connectivity index (χ0n) is 10.5. The van der Waals surface area contributed by atoms with E-state index >= 15 is 0 Å². The second-order valence-corrected chi connectivity index (χ2v) is 4.61. The van der Waals surface area contributed by atoms with Crippen LogP contribution in [-0.4, -0.2) is 11.6 Å². The lowest BCUT2D eigenvalue weighted by molar-refractivity contribution is 0.101. The monoisotopic (exact) mass is 285 g/mol. The van der Waals surface area contributed by atoms with Crippen molar-refractivity contribution < 1.29 is 9.59 Å². The molecule has 0 bridgehead atoms. The van der Waals surface area contributed by atoms with E-state index in [-0.39, 0.29) is 11.5 Å². The summed E-state index contributed by atoms with van der Waals surface area (Å²) in [6.07, 6.45) is 1.14. The third-order valence-electron chi connectivity index (χ3n) is 2.69. The van der Waals surface area contributed by atoms with Gasteiger partial charge in [-0.3, -0.25) is 9.59 Å². The van der Waals surface area contributed by atoms with Crippen LogP contribution in [0.4, 0.5) is 0 Å². The predicted octanol–water partition coefficient (Wildman–Crippen LogP) is 3.25. The van der Waals surface area contributed by atoms with Gasteiger partial charge in [0, 0.05) is 22.2 Å². The highest BCUT2D eigenvalue weighted by atomic mass is 35.5. The minimum Gasteiger partial charge on any atom is -0.395 e. The number of ketones is 2. The fraction of sp³-hybridized carbons (Fsp3) is 0. The van der Waals surface area contributed by atoms with Gasteiger partial charge in [-0.1, -0.05) is 54.1 Å². The zero-order chi connectivity index (χ0) is 14.5. The molecule has 0 radical (unpaired) electrons. The summed E-state index contributed by atoms with van der Waals surface area (Å²) in [5, 5.41) is 0.443. The number of hydrogen-bond acceptors (Lipinski definition) is 3. The third kappa shape index (κ3) is 3.33. The molecule has 20 heavy (non-hydrogen) atoms. The topological polar surface area (TPSA) is 60.2 Å². The van der Waals surface area contributed by atoms with E-state index in [1.807, 2.05) is 0 Å². The number of halogens is 1. The van der Waals surface area contributed by atoms with Crippen molar-refractivity contribution in [2.75, 3.05) is 0 Å². The van der Waals surface area contributed by atoms with Crippen LogP contribution in [0, 0.1) is 0 Å². The third-order valence-corrected chi connectivity index (χ3v) is 2.93. The number of allylic oxidation sites excluding steroid dienone is 2. The number of Topliss-reactive ketones (excluding diaryl/α,β-unsaturated/α-hetero) is 1. The summed E-state index contributed by atoms with van der Waals surface area (Å²) in [6, 6.07) is 15.0. The van der Waals surface area contributed by atoms with Gasteiger partial charge in [0.15, 0.2) is 5.78 Å². The van der Waals surface area contributed by atoms with Crippen molar-refractivity contribution in [2.45, 2.75) is 0 Å². The van der Waals surface area contributed by atoms with Crippen LogP contribution < -0.4 is 5.73 Å². The number of carbonyl (C=O) groups is 2. The molecule has 0 atom stereocenters. The second-order valence-electron chi connectivity index (χ2n) is 4.17. The van der Waals surface area contributed by atoms with Crippen molar-refractivity contribution >= 4 is 23.2 Å². The first-order chi connectivity index (χ1) is 9.58. The number of carbonyl (C=O) groups excluding carboxylic acids is 2. The average Bonchev–Trinajstić information content (AvgIpc) is 2.47. The Morgan fingerprint density at radius 2 is 1.60 bits per heavy atom. The van der Waals surface area contributed by atoms with Gasteiger partial charge in [0.25, 0.3) is 0 Å². The van der Waals surface area contributed by atoms with Gasteiger partial charge in [0.05, 0.1) is 5.70 Å². The van der Waals surface area contributed by atoms with Crippen LogP contribution in [0.1, 0.15) is 20.7 Å². The van der Waals surface area contributed by atoms with Crippen LogP contribution in [0.15, 0.2) is 66.4 Å². The van der Waals surface area contributed by atoms with E-state index in [1.165, 1.54) is 6.07 Å². The van der Waals surface area contributed by atoms with E-state index in [4.69, 9.17) is 17.3 Å². The van der Waals surface area contributed by atoms with Crippen molar-refractivity contribution in [1.82, 2.24) is 0 Å². The van der Waals surface area contributed by atoms with Gasteiger partial charge in [0.1, 0.15) is 0 Å². The van der Waals surface area contributed by atoms with Gasteiger partial charge in [0.2, 0.25) is 5.78 Å². The lowest BCUT2D eigenvalue weighted by Gasteiger charge is -2.02. The Morgan fingerprint density at radius 3 is 2.25 bits per heavy atom. The van der Waals surface area contributed by atoms with Crippen LogP contribution in [0.25, 0.3) is 0 Å². The lowest BCUT2D eigenvalue weighted by Crippen LogP contribution is -2.13. The Kier molecular flexibility index (Phi) is 4.33. The van der Waals surface area contributed by atoms with Crippen molar-refractivity contribution in [1.29, 1.82) is 0 Å². The molecule has 2 aromatic carbocycles. The van der Waals surface area contributed by atoms with Crippen molar-refractivity contribution in [3.8, 4) is 0 Å². The maximum atomic E-state index is 12.1. The molecule has 0 aliphatic carbocycles. The van der Waals surface area contributed by atoms with Gasteiger partial charge in [-0.25, -0.2) is 0 Å². The summed E-state index contributed by atoms with van der Waals surface area (Å²) < 4.78 is 0. The van der Waals surface area contributed by atoms with Gasteiger partial charge >= 0.3 is 0 Å². The molecule has 0 aromatic heterocycles. The Bertz CT molecular complexity index is 678. The Labute approximate surface area is 121 Å². The predicted molar refractivity (Wildman–Crippen MR) is 78.8 cm³/mol. The summed E-state index contributed by atoms with van der Waals surface area (Å²) in [7, 11) is 0. The fourth-order valence-electron chi connectivity index (χ4n) is 1.69. The largest absolute Gasteiger partial charge is 0.395 e. The van der Waals surface area contributed by atoms with Crippen molar-refractivity contribution in [3.63, 3.8) is 0 Å². The molecule has 0 heterocycles. The van der Waals surface area contributed by atoms with E-state index < -0.39 is 5.78 Å². The van der Waals surface area contributed by atoms with Crippen LogP contribution in [-0.2, 0) is 0 Å². The number of hydrogen-bond donors (Lipinski definition) is 1. The molecule has 0 spiro atoms. The Morgan fingerprint density at radius 1 is 0.950 bits per heavy atom.